The Morgan fingerprint density at radius 2 is 1.64 bits per heavy atom. The summed E-state index contributed by atoms with van der Waals surface area (Å²) >= 11 is 13.6. The van der Waals surface area contributed by atoms with Crippen LogP contribution in [0.3, 0.4) is 0 Å². The molecule has 0 unspecified atom stereocenters. The molecule has 114 valence electrons. The molecule has 2 aromatic rings. The lowest BCUT2D eigenvalue weighted by Crippen LogP contribution is -2.33. The molecule has 0 aliphatic carbocycles. The van der Waals surface area contributed by atoms with Gasteiger partial charge in [-0.15, -0.1) is 0 Å². The quantitative estimate of drug-likeness (QED) is 0.695. The molecule has 0 spiro atoms. The molecule has 0 aliphatic heterocycles. The van der Waals surface area contributed by atoms with E-state index in [-0.39, 0.29) is 18.4 Å². The number of carbonyl (C=O) groups excluding carboxylic acids is 2. The Bertz CT molecular complexity index is 705. The van der Waals surface area contributed by atoms with Crippen molar-refractivity contribution in [2.24, 2.45) is 0 Å². The second kappa shape index (κ2) is 7.80. The van der Waals surface area contributed by atoms with E-state index in [1.807, 2.05) is 22.6 Å². The van der Waals surface area contributed by atoms with Gasteiger partial charge in [-0.05, 0) is 65.1 Å². The highest BCUT2D eigenvalue weighted by atomic mass is 127. The van der Waals surface area contributed by atoms with Crippen molar-refractivity contribution in [1.82, 2.24) is 5.32 Å². The van der Waals surface area contributed by atoms with Crippen LogP contribution in [0.2, 0.25) is 10.0 Å². The summed E-state index contributed by atoms with van der Waals surface area (Å²) in [5.74, 6) is -0.646. The van der Waals surface area contributed by atoms with Gasteiger partial charge in [0.05, 0.1) is 12.1 Å². The lowest BCUT2D eigenvalue weighted by molar-refractivity contribution is -0.115. The van der Waals surface area contributed by atoms with Crippen LogP contribution in [0.1, 0.15) is 10.4 Å². The number of carbonyl (C=O) groups is 2. The highest BCUT2D eigenvalue weighted by molar-refractivity contribution is 14.1. The number of nitrogens with one attached hydrogen (secondary N) is 2. The Morgan fingerprint density at radius 1 is 1.00 bits per heavy atom. The molecule has 0 bridgehead atoms. The molecule has 0 heterocycles. The van der Waals surface area contributed by atoms with E-state index in [1.165, 1.54) is 0 Å². The van der Waals surface area contributed by atoms with Crippen molar-refractivity contribution >= 4 is 63.3 Å². The number of hydrogen-bond acceptors (Lipinski definition) is 2. The van der Waals surface area contributed by atoms with E-state index in [9.17, 15) is 9.59 Å². The summed E-state index contributed by atoms with van der Waals surface area (Å²) in [5, 5.41) is 6.37. The molecule has 0 aromatic heterocycles. The summed E-state index contributed by atoms with van der Waals surface area (Å²) in [6.45, 7) is -0.125. The smallest absolute Gasteiger partial charge is 0.252 e. The molecule has 2 amide bonds. The average Bonchev–Trinajstić information content (AvgIpc) is 2.47. The predicted octanol–water partition coefficient (Wildman–Crippen LogP) is 3.97. The summed E-state index contributed by atoms with van der Waals surface area (Å²) < 4.78 is 0.723. The van der Waals surface area contributed by atoms with Gasteiger partial charge in [0.1, 0.15) is 0 Å². The third-order valence-electron chi connectivity index (χ3n) is 2.71. The van der Waals surface area contributed by atoms with E-state index in [4.69, 9.17) is 23.2 Å². The summed E-state index contributed by atoms with van der Waals surface area (Å²) in [6.07, 6.45) is 0. The maximum absolute atomic E-state index is 12.0. The predicted molar refractivity (Wildman–Crippen MR) is 96.6 cm³/mol. The molecule has 0 saturated heterocycles. The summed E-state index contributed by atoms with van der Waals surface area (Å²) in [4.78, 5) is 23.8. The van der Waals surface area contributed by atoms with Gasteiger partial charge in [0.25, 0.3) is 5.91 Å². The van der Waals surface area contributed by atoms with Gasteiger partial charge in [-0.1, -0.05) is 23.2 Å². The van der Waals surface area contributed by atoms with E-state index in [0.717, 1.165) is 3.57 Å². The Labute approximate surface area is 151 Å². The summed E-state index contributed by atoms with van der Waals surface area (Å²) in [7, 11) is 0. The molecule has 22 heavy (non-hydrogen) atoms. The first kappa shape index (κ1) is 17.1. The second-order valence-electron chi connectivity index (χ2n) is 4.36. The third-order valence-corrected chi connectivity index (χ3v) is 4.09. The fourth-order valence-corrected chi connectivity index (χ4v) is 2.91. The van der Waals surface area contributed by atoms with Crippen molar-refractivity contribution in [2.75, 3.05) is 11.9 Å². The van der Waals surface area contributed by atoms with Gasteiger partial charge in [-0.3, -0.25) is 9.59 Å². The molecule has 0 aliphatic rings. The van der Waals surface area contributed by atoms with Crippen LogP contribution in [-0.2, 0) is 4.79 Å². The molecular formula is C15H11Cl2IN2O2. The van der Waals surface area contributed by atoms with Crippen LogP contribution >= 0.6 is 45.8 Å². The lowest BCUT2D eigenvalue weighted by atomic mass is 10.2. The van der Waals surface area contributed by atoms with Crippen LogP contribution in [0.15, 0.2) is 42.5 Å². The van der Waals surface area contributed by atoms with Crippen molar-refractivity contribution < 1.29 is 9.59 Å². The molecule has 2 aromatic carbocycles. The zero-order chi connectivity index (χ0) is 16.1. The molecule has 2 rings (SSSR count). The fourth-order valence-electron chi connectivity index (χ4n) is 1.67. The highest BCUT2D eigenvalue weighted by Crippen LogP contribution is 2.18. The van der Waals surface area contributed by atoms with Crippen molar-refractivity contribution in [2.45, 2.75) is 0 Å². The van der Waals surface area contributed by atoms with Crippen LogP contribution < -0.4 is 10.6 Å². The first-order chi connectivity index (χ1) is 10.5. The zero-order valence-corrected chi connectivity index (χ0v) is 14.9. The zero-order valence-electron chi connectivity index (χ0n) is 11.2. The first-order valence-electron chi connectivity index (χ1n) is 6.24. The lowest BCUT2D eigenvalue weighted by Gasteiger charge is -2.08. The maximum Gasteiger partial charge on any atom is 0.252 e. The van der Waals surface area contributed by atoms with Crippen LogP contribution in [0, 0.1) is 3.57 Å². The average molecular weight is 449 g/mol. The van der Waals surface area contributed by atoms with Crippen molar-refractivity contribution in [3.63, 3.8) is 0 Å². The van der Waals surface area contributed by atoms with E-state index < -0.39 is 0 Å². The number of benzene rings is 2. The molecule has 0 radical (unpaired) electrons. The molecule has 0 atom stereocenters. The molecular weight excluding hydrogens is 438 g/mol. The van der Waals surface area contributed by atoms with Gasteiger partial charge in [0.2, 0.25) is 5.91 Å². The summed E-state index contributed by atoms with van der Waals surface area (Å²) in [6, 6.07) is 11.7. The van der Waals surface area contributed by atoms with E-state index in [0.29, 0.717) is 21.3 Å². The molecule has 4 nitrogen and oxygen atoms in total. The number of anilines is 1. The highest BCUT2D eigenvalue weighted by Gasteiger charge is 2.11. The van der Waals surface area contributed by atoms with Crippen LogP contribution in [0.5, 0.6) is 0 Å². The van der Waals surface area contributed by atoms with Crippen LogP contribution in [0.4, 0.5) is 5.69 Å². The number of amides is 2. The second-order valence-corrected chi connectivity index (χ2v) is 6.40. The van der Waals surface area contributed by atoms with Crippen LogP contribution in [0.25, 0.3) is 0 Å². The van der Waals surface area contributed by atoms with E-state index >= 15 is 0 Å². The van der Waals surface area contributed by atoms with E-state index in [2.05, 4.69) is 10.6 Å². The normalized spacial score (nSPS) is 10.1. The van der Waals surface area contributed by atoms with Gasteiger partial charge in [0.15, 0.2) is 0 Å². The fraction of sp³-hybridized carbons (Fsp3) is 0.0667. The third kappa shape index (κ3) is 4.86. The van der Waals surface area contributed by atoms with E-state index in [1.54, 1.807) is 42.5 Å². The minimum absolute atomic E-state index is 0.125. The Morgan fingerprint density at radius 3 is 2.27 bits per heavy atom. The minimum atomic E-state index is -0.327. The molecule has 0 saturated carbocycles. The molecule has 0 fully saturated rings. The van der Waals surface area contributed by atoms with Gasteiger partial charge >= 0.3 is 0 Å². The Kier molecular flexibility index (Phi) is 6.05. The van der Waals surface area contributed by atoms with Gasteiger partial charge in [-0.25, -0.2) is 0 Å². The SMILES string of the molecule is O=C(CNC(=O)c1ccc(Cl)cc1I)Nc1ccc(Cl)cc1. The van der Waals surface area contributed by atoms with Crippen LogP contribution in [-0.4, -0.2) is 18.4 Å². The molecule has 7 heteroatoms. The van der Waals surface area contributed by atoms with Gasteiger partial charge in [-0.2, -0.15) is 0 Å². The largest absolute Gasteiger partial charge is 0.343 e. The van der Waals surface area contributed by atoms with Gasteiger partial charge in [0, 0.05) is 19.3 Å². The standard InChI is InChI=1S/C15H11Cl2IN2O2/c16-9-1-4-11(5-2-9)20-14(21)8-19-15(22)12-6-3-10(17)7-13(12)18/h1-7H,8H2,(H,19,22)(H,20,21). The molecule has 2 N–H and O–H groups in total. The Hall–Kier alpha value is -1.31. The monoisotopic (exact) mass is 448 g/mol. The topological polar surface area (TPSA) is 58.2 Å². The number of halogens is 3. The van der Waals surface area contributed by atoms with Gasteiger partial charge < -0.3 is 10.6 Å². The Balaban J connectivity index is 1.90. The summed E-state index contributed by atoms with van der Waals surface area (Å²) in [5.41, 5.74) is 1.09. The maximum atomic E-state index is 12.0. The van der Waals surface area contributed by atoms with Crippen molar-refractivity contribution in [3.8, 4) is 0 Å². The minimum Gasteiger partial charge on any atom is -0.343 e. The van der Waals surface area contributed by atoms with Crippen molar-refractivity contribution in [3.05, 3.63) is 61.6 Å². The number of hydrogen-bond donors (Lipinski definition) is 2. The number of rotatable bonds is 4. The first-order valence-corrected chi connectivity index (χ1v) is 8.08. The van der Waals surface area contributed by atoms with Crippen molar-refractivity contribution in [1.29, 1.82) is 0 Å².